The molecule has 1 heterocycles. The van der Waals surface area contributed by atoms with Crippen molar-refractivity contribution in [1.29, 1.82) is 0 Å². The molecule has 0 saturated heterocycles. The fourth-order valence-electron chi connectivity index (χ4n) is 1.99. The van der Waals surface area contributed by atoms with Crippen molar-refractivity contribution in [2.24, 2.45) is 0 Å². The first-order valence-electron chi connectivity index (χ1n) is 5.46. The topological polar surface area (TPSA) is 35.5 Å². The highest BCUT2D eigenvalue weighted by atomic mass is 79.9. The zero-order chi connectivity index (χ0) is 11.8. The number of benzene rings is 1. The second-order valence-corrected chi connectivity index (χ2v) is 5.74. The number of rotatable bonds is 2. The van der Waals surface area contributed by atoms with Gasteiger partial charge in [0.05, 0.1) is 17.0 Å². The minimum absolute atomic E-state index is 0.651. The molecule has 1 aromatic rings. The number of anilines is 2. The summed E-state index contributed by atoms with van der Waals surface area (Å²) >= 11 is 3.48. The third-order valence-corrected chi connectivity index (χ3v) is 3.07. The molecule has 0 spiro atoms. The minimum atomic E-state index is -0.670. The number of hydrogen-bond acceptors (Lipinski definition) is 3. The van der Waals surface area contributed by atoms with Gasteiger partial charge in [-0.2, -0.15) is 0 Å². The van der Waals surface area contributed by atoms with Crippen molar-refractivity contribution in [3.8, 4) is 0 Å². The summed E-state index contributed by atoms with van der Waals surface area (Å²) in [6.07, 6.45) is 0. The van der Waals surface area contributed by atoms with E-state index in [0.29, 0.717) is 6.54 Å². The van der Waals surface area contributed by atoms with Crippen LogP contribution in [-0.4, -0.2) is 30.3 Å². The normalized spacial score (nSPS) is 15.6. The van der Waals surface area contributed by atoms with E-state index in [9.17, 15) is 5.11 Å². The van der Waals surface area contributed by atoms with Crippen molar-refractivity contribution in [3.63, 3.8) is 0 Å². The van der Waals surface area contributed by atoms with Gasteiger partial charge in [-0.1, -0.05) is 15.9 Å². The van der Waals surface area contributed by atoms with E-state index in [1.165, 1.54) is 0 Å². The van der Waals surface area contributed by atoms with E-state index < -0.39 is 5.60 Å². The number of nitrogens with one attached hydrogen (secondary N) is 1. The van der Waals surface area contributed by atoms with E-state index in [4.69, 9.17) is 0 Å². The number of β-amino-alcohol motifs (C(OH)–C–C–N with tert-alkyl or cyclic N) is 1. The van der Waals surface area contributed by atoms with E-state index in [2.05, 4.69) is 38.3 Å². The fraction of sp³-hybridized carbons (Fsp3) is 0.500. The average Bonchev–Trinajstić information content (AvgIpc) is 2.17. The maximum Gasteiger partial charge on any atom is 0.0765 e. The van der Waals surface area contributed by atoms with Crippen LogP contribution >= 0.6 is 15.9 Å². The lowest BCUT2D eigenvalue weighted by molar-refractivity contribution is 0.0874. The van der Waals surface area contributed by atoms with Gasteiger partial charge in [-0.05, 0) is 32.0 Å². The number of nitrogens with zero attached hydrogens (tertiary/aromatic N) is 1. The summed E-state index contributed by atoms with van der Waals surface area (Å²) in [5.74, 6) is 0. The minimum Gasteiger partial charge on any atom is -0.389 e. The zero-order valence-electron chi connectivity index (χ0n) is 9.63. The average molecular weight is 285 g/mol. The Bertz CT molecular complexity index is 387. The van der Waals surface area contributed by atoms with Crippen molar-refractivity contribution in [2.75, 3.05) is 29.9 Å². The highest BCUT2D eigenvalue weighted by Crippen LogP contribution is 2.32. The molecular formula is C12H17BrN2O. The third-order valence-electron chi connectivity index (χ3n) is 2.58. The summed E-state index contributed by atoms with van der Waals surface area (Å²) in [7, 11) is 0. The molecule has 0 aliphatic carbocycles. The molecule has 88 valence electrons. The van der Waals surface area contributed by atoms with Gasteiger partial charge in [0.1, 0.15) is 0 Å². The summed E-state index contributed by atoms with van der Waals surface area (Å²) in [6.45, 7) is 6.18. The Morgan fingerprint density at radius 1 is 1.50 bits per heavy atom. The van der Waals surface area contributed by atoms with Gasteiger partial charge < -0.3 is 15.3 Å². The molecule has 0 aromatic heterocycles. The summed E-state index contributed by atoms with van der Waals surface area (Å²) < 4.78 is 1.07. The van der Waals surface area contributed by atoms with Crippen LogP contribution in [0.25, 0.3) is 0 Å². The molecule has 1 aliphatic heterocycles. The van der Waals surface area contributed by atoms with Crippen molar-refractivity contribution >= 4 is 27.3 Å². The van der Waals surface area contributed by atoms with Crippen LogP contribution in [0.5, 0.6) is 0 Å². The zero-order valence-corrected chi connectivity index (χ0v) is 11.2. The van der Waals surface area contributed by atoms with Gasteiger partial charge in [0.2, 0.25) is 0 Å². The van der Waals surface area contributed by atoms with Gasteiger partial charge in [0.25, 0.3) is 0 Å². The molecule has 1 aromatic carbocycles. The molecule has 0 fully saturated rings. The van der Waals surface area contributed by atoms with Crippen LogP contribution in [0.2, 0.25) is 0 Å². The van der Waals surface area contributed by atoms with Crippen molar-refractivity contribution < 1.29 is 5.11 Å². The Labute approximate surface area is 105 Å². The smallest absolute Gasteiger partial charge is 0.0765 e. The van der Waals surface area contributed by atoms with Crippen LogP contribution in [0.15, 0.2) is 22.7 Å². The van der Waals surface area contributed by atoms with Gasteiger partial charge >= 0.3 is 0 Å². The van der Waals surface area contributed by atoms with Gasteiger partial charge in [-0.15, -0.1) is 0 Å². The van der Waals surface area contributed by atoms with Crippen LogP contribution < -0.4 is 10.2 Å². The van der Waals surface area contributed by atoms with Gasteiger partial charge in [-0.25, -0.2) is 0 Å². The Balaban J connectivity index is 2.28. The van der Waals surface area contributed by atoms with Crippen molar-refractivity contribution in [1.82, 2.24) is 0 Å². The summed E-state index contributed by atoms with van der Waals surface area (Å²) in [5.41, 5.74) is 1.62. The standard InChI is InChI=1S/C12H17BrN2O/c1-12(2,16)8-15-6-5-14-10-4-3-9(13)7-11(10)15/h3-4,7,14,16H,5-6,8H2,1-2H3. The highest BCUT2D eigenvalue weighted by Gasteiger charge is 2.22. The number of hydrogen-bond donors (Lipinski definition) is 2. The van der Waals surface area contributed by atoms with E-state index in [1.807, 2.05) is 19.9 Å². The summed E-state index contributed by atoms with van der Waals surface area (Å²) in [4.78, 5) is 2.22. The number of halogens is 1. The SMILES string of the molecule is CC(C)(O)CN1CCNc2ccc(Br)cc21. The molecule has 1 aliphatic rings. The fourth-order valence-corrected chi connectivity index (χ4v) is 2.34. The maximum absolute atomic E-state index is 9.89. The maximum atomic E-state index is 9.89. The molecule has 2 N–H and O–H groups in total. The van der Waals surface area contributed by atoms with Crippen LogP contribution in [0.3, 0.4) is 0 Å². The highest BCUT2D eigenvalue weighted by molar-refractivity contribution is 9.10. The molecule has 0 unspecified atom stereocenters. The lowest BCUT2D eigenvalue weighted by Crippen LogP contribution is -2.43. The number of fused-ring (bicyclic) bond motifs is 1. The molecule has 2 rings (SSSR count). The van der Waals surface area contributed by atoms with Crippen LogP contribution in [-0.2, 0) is 0 Å². The van der Waals surface area contributed by atoms with Crippen LogP contribution in [0, 0.1) is 0 Å². The molecule has 4 heteroatoms. The van der Waals surface area contributed by atoms with E-state index in [1.54, 1.807) is 0 Å². The molecule has 0 amide bonds. The molecule has 0 saturated carbocycles. The third kappa shape index (κ3) is 2.68. The van der Waals surface area contributed by atoms with Crippen molar-refractivity contribution in [2.45, 2.75) is 19.4 Å². The largest absolute Gasteiger partial charge is 0.389 e. The number of aliphatic hydroxyl groups is 1. The molecule has 16 heavy (non-hydrogen) atoms. The predicted octanol–water partition coefficient (Wildman–Crippen LogP) is 2.45. The Morgan fingerprint density at radius 2 is 2.25 bits per heavy atom. The van der Waals surface area contributed by atoms with E-state index in [0.717, 1.165) is 28.9 Å². The van der Waals surface area contributed by atoms with Crippen LogP contribution in [0.1, 0.15) is 13.8 Å². The molecule has 0 radical (unpaired) electrons. The quantitative estimate of drug-likeness (QED) is 0.876. The summed E-state index contributed by atoms with van der Waals surface area (Å²) in [5, 5.41) is 13.3. The van der Waals surface area contributed by atoms with Gasteiger partial charge in [-0.3, -0.25) is 0 Å². The Hall–Kier alpha value is -0.740. The molecule has 3 nitrogen and oxygen atoms in total. The Morgan fingerprint density at radius 3 is 2.94 bits per heavy atom. The first kappa shape index (κ1) is 11.7. The first-order chi connectivity index (χ1) is 7.46. The van der Waals surface area contributed by atoms with Gasteiger partial charge in [0, 0.05) is 24.1 Å². The Kier molecular flexibility index (Phi) is 3.13. The van der Waals surface area contributed by atoms with Crippen molar-refractivity contribution in [3.05, 3.63) is 22.7 Å². The van der Waals surface area contributed by atoms with E-state index >= 15 is 0 Å². The first-order valence-corrected chi connectivity index (χ1v) is 6.26. The lowest BCUT2D eigenvalue weighted by atomic mass is 10.1. The van der Waals surface area contributed by atoms with E-state index in [-0.39, 0.29) is 0 Å². The second-order valence-electron chi connectivity index (χ2n) is 4.82. The monoisotopic (exact) mass is 284 g/mol. The predicted molar refractivity (Wildman–Crippen MR) is 71.1 cm³/mol. The lowest BCUT2D eigenvalue weighted by Gasteiger charge is -2.36. The molecular weight excluding hydrogens is 268 g/mol. The van der Waals surface area contributed by atoms with Crippen LogP contribution in [0.4, 0.5) is 11.4 Å². The summed E-state index contributed by atoms with van der Waals surface area (Å²) in [6, 6.07) is 6.18. The molecule has 0 bridgehead atoms. The second kappa shape index (κ2) is 4.26. The van der Waals surface area contributed by atoms with Gasteiger partial charge in [0.15, 0.2) is 0 Å². The molecule has 0 atom stereocenters.